The number of nitrogens with zero attached hydrogens (tertiary/aromatic N) is 1. The van der Waals surface area contributed by atoms with Crippen LogP contribution in [-0.4, -0.2) is 22.6 Å². The first-order valence-electron chi connectivity index (χ1n) is 9.38. The molecule has 1 aliphatic rings. The summed E-state index contributed by atoms with van der Waals surface area (Å²) in [5, 5.41) is 9.70. The summed E-state index contributed by atoms with van der Waals surface area (Å²) in [5.74, 6) is 0.639. The molecule has 2 nitrogen and oxygen atoms in total. The lowest BCUT2D eigenvalue weighted by atomic mass is 9.78. The van der Waals surface area contributed by atoms with Gasteiger partial charge in [0.25, 0.3) is 0 Å². The van der Waals surface area contributed by atoms with Crippen LogP contribution in [0.5, 0.6) is 5.75 Å². The number of aromatic hydroxyl groups is 1. The summed E-state index contributed by atoms with van der Waals surface area (Å²) in [4.78, 5) is 2.61. The molecule has 1 unspecified atom stereocenters. The van der Waals surface area contributed by atoms with E-state index in [-0.39, 0.29) is 0 Å². The Labute approximate surface area is 155 Å². The third-order valence-corrected chi connectivity index (χ3v) is 5.68. The van der Waals surface area contributed by atoms with E-state index >= 15 is 0 Å². The van der Waals surface area contributed by atoms with E-state index in [2.05, 4.69) is 84.6 Å². The topological polar surface area (TPSA) is 23.5 Å². The fraction of sp³-hybridized carbons (Fsp3) is 0.250. The summed E-state index contributed by atoms with van der Waals surface area (Å²) in [6.07, 6.45) is 1.19. The Morgan fingerprint density at radius 1 is 0.769 bits per heavy atom. The largest absolute Gasteiger partial charge is 0.508 e. The standard InChI is InChI=1S/C24H25NO/c1-18(19-8-4-2-5-9-19)25-17-16-23(25)24(20-10-6-3-7-11-20)21-12-14-22(26)15-13-21/h2-15,18,23-24,26H,16-17H2,1H3/t18-,23-,24?/m1/s1. The lowest BCUT2D eigenvalue weighted by molar-refractivity contribution is 0.0376. The van der Waals surface area contributed by atoms with Crippen molar-refractivity contribution in [1.82, 2.24) is 4.90 Å². The Morgan fingerprint density at radius 3 is 1.85 bits per heavy atom. The quantitative estimate of drug-likeness (QED) is 0.674. The van der Waals surface area contributed by atoms with Crippen LogP contribution in [0.15, 0.2) is 84.9 Å². The van der Waals surface area contributed by atoms with Gasteiger partial charge in [0.2, 0.25) is 0 Å². The number of phenols is 1. The van der Waals surface area contributed by atoms with E-state index in [0.717, 1.165) is 6.54 Å². The molecule has 26 heavy (non-hydrogen) atoms. The number of hydrogen-bond donors (Lipinski definition) is 1. The van der Waals surface area contributed by atoms with Crippen LogP contribution in [0.2, 0.25) is 0 Å². The van der Waals surface area contributed by atoms with Crippen LogP contribution in [0.1, 0.15) is 42.0 Å². The summed E-state index contributed by atoms with van der Waals surface area (Å²) in [6.45, 7) is 3.43. The molecule has 2 heteroatoms. The molecular formula is C24H25NO. The fourth-order valence-corrected chi connectivity index (χ4v) is 4.17. The zero-order valence-electron chi connectivity index (χ0n) is 15.1. The first-order valence-corrected chi connectivity index (χ1v) is 9.38. The van der Waals surface area contributed by atoms with Gasteiger partial charge < -0.3 is 5.11 Å². The molecule has 1 saturated heterocycles. The number of benzene rings is 3. The predicted octanol–water partition coefficient (Wildman–Crippen LogP) is 5.36. The van der Waals surface area contributed by atoms with Crippen LogP contribution in [-0.2, 0) is 0 Å². The number of rotatable bonds is 5. The highest BCUT2D eigenvalue weighted by atomic mass is 16.3. The van der Waals surface area contributed by atoms with Crippen molar-refractivity contribution in [3.8, 4) is 5.75 Å². The van der Waals surface area contributed by atoms with Gasteiger partial charge in [0.15, 0.2) is 0 Å². The van der Waals surface area contributed by atoms with Gasteiger partial charge in [-0.05, 0) is 42.2 Å². The van der Waals surface area contributed by atoms with E-state index in [1.54, 1.807) is 12.1 Å². The molecular weight excluding hydrogens is 318 g/mol. The third kappa shape index (κ3) is 3.25. The Hall–Kier alpha value is -2.58. The van der Waals surface area contributed by atoms with Gasteiger partial charge in [-0.25, -0.2) is 0 Å². The summed E-state index contributed by atoms with van der Waals surface area (Å²) in [5.41, 5.74) is 3.98. The van der Waals surface area contributed by atoms with Crippen LogP contribution >= 0.6 is 0 Å². The Morgan fingerprint density at radius 2 is 1.31 bits per heavy atom. The molecule has 1 N–H and O–H groups in total. The maximum atomic E-state index is 9.70. The minimum Gasteiger partial charge on any atom is -0.508 e. The molecule has 3 aromatic rings. The molecule has 1 heterocycles. The molecule has 3 aromatic carbocycles. The third-order valence-electron chi connectivity index (χ3n) is 5.68. The average Bonchev–Trinajstić information content (AvgIpc) is 2.67. The number of hydrogen-bond acceptors (Lipinski definition) is 2. The van der Waals surface area contributed by atoms with Gasteiger partial charge in [0.05, 0.1) is 0 Å². The lowest BCUT2D eigenvalue weighted by Gasteiger charge is -2.49. The van der Waals surface area contributed by atoms with Gasteiger partial charge in [-0.15, -0.1) is 0 Å². The highest BCUT2D eigenvalue weighted by Crippen LogP contribution is 2.41. The van der Waals surface area contributed by atoms with Crippen LogP contribution in [0.4, 0.5) is 0 Å². The molecule has 1 fully saturated rings. The zero-order valence-corrected chi connectivity index (χ0v) is 15.1. The second-order valence-corrected chi connectivity index (χ2v) is 7.16. The van der Waals surface area contributed by atoms with Crippen molar-refractivity contribution in [1.29, 1.82) is 0 Å². The van der Waals surface area contributed by atoms with Crippen LogP contribution in [0, 0.1) is 0 Å². The Bertz CT molecular complexity index is 829. The van der Waals surface area contributed by atoms with Crippen molar-refractivity contribution in [3.63, 3.8) is 0 Å². The van der Waals surface area contributed by atoms with Crippen molar-refractivity contribution in [2.45, 2.75) is 31.3 Å². The van der Waals surface area contributed by atoms with Crippen molar-refractivity contribution in [2.24, 2.45) is 0 Å². The van der Waals surface area contributed by atoms with Crippen LogP contribution in [0.25, 0.3) is 0 Å². The SMILES string of the molecule is C[C@H](c1ccccc1)N1CC[C@@H]1C(c1ccccc1)c1ccc(O)cc1. The van der Waals surface area contributed by atoms with E-state index in [4.69, 9.17) is 0 Å². The molecule has 3 atom stereocenters. The Balaban J connectivity index is 1.67. The summed E-state index contributed by atoms with van der Waals surface area (Å²) in [6, 6.07) is 30.1. The van der Waals surface area contributed by atoms with Gasteiger partial charge in [0, 0.05) is 24.5 Å². The molecule has 132 valence electrons. The van der Waals surface area contributed by atoms with Gasteiger partial charge in [-0.1, -0.05) is 72.8 Å². The number of likely N-dealkylation sites (tertiary alicyclic amines) is 1. The lowest BCUT2D eigenvalue weighted by Crippen LogP contribution is -2.52. The van der Waals surface area contributed by atoms with Gasteiger partial charge in [-0.3, -0.25) is 4.90 Å². The molecule has 0 saturated carbocycles. The van der Waals surface area contributed by atoms with E-state index in [1.807, 2.05) is 0 Å². The maximum Gasteiger partial charge on any atom is 0.115 e. The van der Waals surface area contributed by atoms with E-state index in [9.17, 15) is 5.11 Å². The zero-order chi connectivity index (χ0) is 17.9. The highest BCUT2D eigenvalue weighted by Gasteiger charge is 2.39. The summed E-state index contributed by atoms with van der Waals surface area (Å²) >= 11 is 0. The normalized spacial score (nSPS) is 19.5. The fourth-order valence-electron chi connectivity index (χ4n) is 4.17. The highest BCUT2D eigenvalue weighted by molar-refractivity contribution is 5.38. The summed E-state index contributed by atoms with van der Waals surface area (Å²) in [7, 11) is 0. The van der Waals surface area contributed by atoms with Crippen LogP contribution < -0.4 is 0 Å². The predicted molar refractivity (Wildman–Crippen MR) is 106 cm³/mol. The van der Waals surface area contributed by atoms with E-state index in [1.165, 1.54) is 23.1 Å². The van der Waals surface area contributed by atoms with Crippen molar-refractivity contribution < 1.29 is 5.11 Å². The maximum absolute atomic E-state index is 9.70. The second-order valence-electron chi connectivity index (χ2n) is 7.16. The molecule has 0 radical (unpaired) electrons. The van der Waals surface area contributed by atoms with Gasteiger partial charge in [0.1, 0.15) is 5.75 Å². The molecule has 0 spiro atoms. The molecule has 0 amide bonds. The van der Waals surface area contributed by atoms with Crippen molar-refractivity contribution in [2.75, 3.05) is 6.54 Å². The minimum atomic E-state index is 0.316. The monoisotopic (exact) mass is 343 g/mol. The molecule has 0 aromatic heterocycles. The van der Waals surface area contributed by atoms with E-state index in [0.29, 0.717) is 23.8 Å². The first kappa shape index (κ1) is 16.9. The summed E-state index contributed by atoms with van der Waals surface area (Å²) < 4.78 is 0. The van der Waals surface area contributed by atoms with E-state index < -0.39 is 0 Å². The smallest absolute Gasteiger partial charge is 0.115 e. The number of phenolic OH excluding ortho intramolecular Hbond substituents is 1. The minimum absolute atomic E-state index is 0.316. The molecule has 4 rings (SSSR count). The molecule has 0 aliphatic carbocycles. The molecule has 1 aliphatic heterocycles. The van der Waals surface area contributed by atoms with Crippen molar-refractivity contribution in [3.05, 3.63) is 102 Å². The Kier molecular flexibility index (Phi) is 4.77. The van der Waals surface area contributed by atoms with Crippen molar-refractivity contribution >= 4 is 0 Å². The first-order chi connectivity index (χ1) is 12.7. The average molecular weight is 343 g/mol. The van der Waals surface area contributed by atoms with Gasteiger partial charge in [-0.2, -0.15) is 0 Å². The van der Waals surface area contributed by atoms with Gasteiger partial charge >= 0.3 is 0 Å². The second kappa shape index (κ2) is 7.35. The van der Waals surface area contributed by atoms with Crippen LogP contribution in [0.3, 0.4) is 0 Å². The molecule has 0 bridgehead atoms.